The van der Waals surface area contributed by atoms with E-state index in [1.165, 1.54) is 0 Å². The minimum absolute atomic E-state index is 0. The Labute approximate surface area is 56.4 Å². The molecule has 0 aliphatic rings. The summed E-state index contributed by atoms with van der Waals surface area (Å²) < 4.78 is 31.6. The van der Waals surface area contributed by atoms with E-state index in [9.17, 15) is 0 Å². The summed E-state index contributed by atoms with van der Waals surface area (Å²) in [5, 5.41) is 0. The Morgan fingerprint density at radius 1 is 1.14 bits per heavy atom. The molecule has 0 fully saturated rings. The summed E-state index contributed by atoms with van der Waals surface area (Å²) in [4.78, 5) is 0. The topological polar surface area (TPSA) is 74.6 Å². The molecule has 0 heterocycles. The Hall–Kier alpha value is 0.606. The van der Waals surface area contributed by atoms with Gasteiger partial charge in [-0.05, 0) is 11.0 Å². The molecule has 7 heteroatoms. The molecule has 0 aliphatic carbocycles. The first-order valence-corrected chi connectivity index (χ1v) is 2.10. The van der Waals surface area contributed by atoms with Crippen LogP contribution in [0.2, 0.25) is 0 Å². The Kier molecular flexibility index (Phi) is 10.6. The van der Waals surface area contributed by atoms with Crippen LogP contribution in [-0.2, 0) is 27.5 Å². The predicted molar refractivity (Wildman–Crippen MR) is 25.5 cm³/mol. The standard InChI is InChI=1S/Fe.H2O4S.H4Si/c;1-5(2,3)4;/h;(H2,1,2,3,4);1H4. The largest absolute Gasteiger partial charge is 0.394 e. The van der Waals surface area contributed by atoms with Crippen LogP contribution in [0.5, 0.6) is 0 Å². The van der Waals surface area contributed by atoms with Gasteiger partial charge in [-0.25, -0.2) is 0 Å². The molecule has 0 bridgehead atoms. The van der Waals surface area contributed by atoms with E-state index >= 15 is 0 Å². The average molecular weight is 186 g/mol. The zero-order valence-electron chi connectivity index (χ0n) is 2.47. The second kappa shape index (κ2) is 4.76. The van der Waals surface area contributed by atoms with Gasteiger partial charge in [0.1, 0.15) is 0 Å². The third kappa shape index (κ3) is 381. The summed E-state index contributed by atoms with van der Waals surface area (Å²) in [5.74, 6) is 0. The fraction of sp³-hybridized carbons (Fsp3) is 0. The van der Waals surface area contributed by atoms with Crippen molar-refractivity contribution in [3.8, 4) is 0 Å². The molecule has 2 N–H and O–H groups in total. The minimum Gasteiger partial charge on any atom is -0.264 e. The molecule has 0 radical (unpaired) electrons. The van der Waals surface area contributed by atoms with E-state index in [1.54, 1.807) is 0 Å². The van der Waals surface area contributed by atoms with Crippen LogP contribution in [-0.4, -0.2) is 28.5 Å². The van der Waals surface area contributed by atoms with E-state index in [2.05, 4.69) is 0 Å². The Morgan fingerprint density at radius 3 is 1.14 bits per heavy atom. The van der Waals surface area contributed by atoms with Crippen molar-refractivity contribution in [1.29, 1.82) is 0 Å². The van der Waals surface area contributed by atoms with Gasteiger partial charge >= 0.3 is 10.4 Å². The van der Waals surface area contributed by atoms with Gasteiger partial charge in [0.2, 0.25) is 0 Å². The zero-order valence-corrected chi connectivity index (χ0v) is 4.39. The van der Waals surface area contributed by atoms with Gasteiger partial charge in [0.15, 0.2) is 0 Å². The summed E-state index contributed by atoms with van der Waals surface area (Å²) >= 11 is 0. The van der Waals surface area contributed by atoms with Crippen molar-refractivity contribution in [3.05, 3.63) is 0 Å². The van der Waals surface area contributed by atoms with Crippen molar-refractivity contribution in [2.45, 2.75) is 0 Å². The monoisotopic (exact) mass is 186 g/mol. The summed E-state index contributed by atoms with van der Waals surface area (Å²) in [6.07, 6.45) is 0. The Bertz CT molecular complexity index is 94.9. The van der Waals surface area contributed by atoms with Crippen LogP contribution in [0.4, 0.5) is 0 Å². The molecule has 0 amide bonds. The van der Waals surface area contributed by atoms with Crippen molar-refractivity contribution >= 4 is 21.4 Å². The van der Waals surface area contributed by atoms with Crippen molar-refractivity contribution in [1.82, 2.24) is 0 Å². The van der Waals surface area contributed by atoms with Crippen molar-refractivity contribution < 1.29 is 34.6 Å². The SMILES string of the molecule is O=S(=O)(O)O.[Fe].[SiH4]. The number of hydrogen-bond donors (Lipinski definition) is 2. The fourth-order valence-corrected chi connectivity index (χ4v) is 0. The van der Waals surface area contributed by atoms with Gasteiger partial charge in [-0.1, -0.05) is 0 Å². The molecule has 0 aromatic rings. The average Bonchev–Trinajstić information content (AvgIpc) is 0.722. The van der Waals surface area contributed by atoms with E-state index in [4.69, 9.17) is 17.5 Å². The van der Waals surface area contributed by atoms with Crippen molar-refractivity contribution in [3.63, 3.8) is 0 Å². The van der Waals surface area contributed by atoms with E-state index in [-0.39, 0.29) is 28.0 Å². The van der Waals surface area contributed by atoms with Crippen LogP contribution in [0, 0.1) is 0 Å². The molecule has 48 valence electrons. The summed E-state index contributed by atoms with van der Waals surface area (Å²) in [5.41, 5.74) is 0. The van der Waals surface area contributed by atoms with Crippen LogP contribution in [0.3, 0.4) is 0 Å². The third-order valence-corrected chi connectivity index (χ3v) is 0. The molecule has 4 nitrogen and oxygen atoms in total. The minimum atomic E-state index is -4.67. The van der Waals surface area contributed by atoms with Crippen molar-refractivity contribution in [2.75, 3.05) is 0 Å². The number of rotatable bonds is 0. The van der Waals surface area contributed by atoms with Gasteiger partial charge in [-0.2, -0.15) is 8.42 Å². The molecular weight excluding hydrogens is 180 g/mol. The second-order valence-electron chi connectivity index (χ2n) is 0.448. The second-order valence-corrected chi connectivity index (χ2v) is 1.34. The maximum Gasteiger partial charge on any atom is 0.394 e. The molecule has 0 saturated carbocycles. The molecule has 7 heavy (non-hydrogen) atoms. The fourth-order valence-electron chi connectivity index (χ4n) is 0. The maximum absolute atomic E-state index is 8.74. The van der Waals surface area contributed by atoms with Gasteiger partial charge in [0.25, 0.3) is 0 Å². The number of hydrogen-bond acceptors (Lipinski definition) is 2. The van der Waals surface area contributed by atoms with Gasteiger partial charge in [0.05, 0.1) is 0 Å². The van der Waals surface area contributed by atoms with Gasteiger partial charge < -0.3 is 0 Å². The van der Waals surface area contributed by atoms with Crippen molar-refractivity contribution in [2.24, 2.45) is 0 Å². The first-order valence-electron chi connectivity index (χ1n) is 0.698. The normalized spacial score (nSPS) is 8.29. The van der Waals surface area contributed by atoms with Gasteiger partial charge in [-0.3, -0.25) is 9.11 Å². The Balaban J connectivity index is -0.0000000800. The van der Waals surface area contributed by atoms with Crippen LogP contribution >= 0.6 is 0 Å². The van der Waals surface area contributed by atoms with E-state index in [0.717, 1.165) is 0 Å². The molecular formula is H6FeO4SSi. The molecule has 0 spiro atoms. The quantitative estimate of drug-likeness (QED) is 0.335. The summed E-state index contributed by atoms with van der Waals surface area (Å²) in [7, 11) is -4.67. The molecule has 0 aliphatic heterocycles. The smallest absolute Gasteiger partial charge is 0.264 e. The molecule has 0 rings (SSSR count). The molecule has 0 saturated heterocycles. The van der Waals surface area contributed by atoms with Crippen LogP contribution in [0.1, 0.15) is 0 Å². The van der Waals surface area contributed by atoms with Crippen LogP contribution < -0.4 is 0 Å². The summed E-state index contributed by atoms with van der Waals surface area (Å²) in [6, 6.07) is 0. The van der Waals surface area contributed by atoms with E-state index in [0.29, 0.717) is 0 Å². The molecule has 0 unspecified atom stereocenters. The first-order chi connectivity index (χ1) is 2.00. The zero-order chi connectivity index (χ0) is 4.50. The molecule has 0 aromatic heterocycles. The van der Waals surface area contributed by atoms with Crippen LogP contribution in [0.25, 0.3) is 0 Å². The first kappa shape index (κ1) is 15.6. The molecule has 0 atom stereocenters. The van der Waals surface area contributed by atoms with Crippen LogP contribution in [0.15, 0.2) is 0 Å². The van der Waals surface area contributed by atoms with E-state index in [1.807, 2.05) is 0 Å². The van der Waals surface area contributed by atoms with E-state index < -0.39 is 10.4 Å². The van der Waals surface area contributed by atoms with Gasteiger partial charge in [0, 0.05) is 17.1 Å². The van der Waals surface area contributed by atoms with Gasteiger partial charge in [-0.15, -0.1) is 0 Å². The third-order valence-electron chi connectivity index (χ3n) is 0. The Morgan fingerprint density at radius 2 is 1.14 bits per heavy atom. The molecule has 0 aromatic carbocycles. The predicted octanol–water partition coefficient (Wildman–Crippen LogP) is -2.11. The summed E-state index contributed by atoms with van der Waals surface area (Å²) in [6.45, 7) is 0. The maximum atomic E-state index is 8.74.